The van der Waals surface area contributed by atoms with Gasteiger partial charge in [-0.25, -0.2) is 14.8 Å². The molecule has 1 fully saturated rings. The lowest BCUT2D eigenvalue weighted by molar-refractivity contribution is -0.130. The molecule has 9 nitrogen and oxygen atoms in total. The molecule has 3 aromatic rings. The largest absolute Gasteiger partial charge is 0.492 e. The van der Waals surface area contributed by atoms with Crippen LogP contribution in [0.4, 0.5) is 10.7 Å². The summed E-state index contributed by atoms with van der Waals surface area (Å²) in [4.78, 5) is 37.9. The highest BCUT2D eigenvalue weighted by atomic mass is 79.9. The topological polar surface area (TPSA) is 99.7 Å². The molecule has 1 aromatic carbocycles. The third-order valence-corrected chi connectivity index (χ3v) is 7.83. The lowest BCUT2D eigenvalue weighted by Gasteiger charge is -2.20. The number of urea groups is 1. The third kappa shape index (κ3) is 5.79. The summed E-state index contributed by atoms with van der Waals surface area (Å²) < 4.78 is 7.89. The van der Waals surface area contributed by atoms with E-state index in [4.69, 9.17) is 4.74 Å². The van der Waals surface area contributed by atoms with Crippen molar-refractivity contribution in [1.82, 2.24) is 25.1 Å². The number of anilines is 1. The van der Waals surface area contributed by atoms with Crippen LogP contribution in [0.1, 0.15) is 27.7 Å². The molecule has 0 bridgehead atoms. The monoisotopic (exact) mass is 574 g/mol. The Balaban J connectivity index is 1.42. The van der Waals surface area contributed by atoms with Crippen LogP contribution < -0.4 is 15.4 Å². The van der Waals surface area contributed by atoms with Crippen molar-refractivity contribution in [2.24, 2.45) is 0 Å². The molecular weight excluding hydrogens is 544 g/mol. The first-order valence-corrected chi connectivity index (χ1v) is 13.4. The number of halogens is 1. The van der Waals surface area contributed by atoms with Gasteiger partial charge in [0.1, 0.15) is 23.6 Å². The summed E-state index contributed by atoms with van der Waals surface area (Å²) in [7, 11) is 2.09. The van der Waals surface area contributed by atoms with Gasteiger partial charge in [-0.05, 0) is 80.3 Å². The van der Waals surface area contributed by atoms with Crippen molar-refractivity contribution in [1.29, 1.82) is 0 Å². The molecule has 0 saturated carbocycles. The minimum Gasteiger partial charge on any atom is -0.492 e. The van der Waals surface area contributed by atoms with Crippen molar-refractivity contribution >= 4 is 55.2 Å². The Morgan fingerprint density at radius 2 is 2.06 bits per heavy atom. The minimum absolute atomic E-state index is 0.224. The Bertz CT molecular complexity index is 1280. The van der Waals surface area contributed by atoms with Crippen LogP contribution in [0.3, 0.4) is 0 Å². The zero-order valence-corrected chi connectivity index (χ0v) is 23.5. The summed E-state index contributed by atoms with van der Waals surface area (Å²) in [5.74, 6) is 1.03. The maximum Gasteiger partial charge on any atom is 0.325 e. The molecule has 1 aliphatic rings. The highest BCUT2D eigenvalue weighted by molar-refractivity contribution is 9.10. The van der Waals surface area contributed by atoms with E-state index in [0.717, 1.165) is 37.4 Å². The van der Waals surface area contributed by atoms with Crippen LogP contribution in [0.2, 0.25) is 0 Å². The number of ether oxygens (including phenoxy) is 1. The smallest absolute Gasteiger partial charge is 0.325 e. The first-order chi connectivity index (χ1) is 17.0. The summed E-state index contributed by atoms with van der Waals surface area (Å²) in [6.07, 6.45) is 1.70. The SMILES string of the molecule is CC(C)N(C)CCOc1ccc2sc(-c3nc(NCCN4C(=O)NC(C)(C)C4=O)ncc3Br)cc2c1. The maximum atomic E-state index is 12.4. The Morgan fingerprint density at radius 3 is 2.75 bits per heavy atom. The minimum atomic E-state index is -0.880. The molecule has 0 radical (unpaired) electrons. The van der Waals surface area contributed by atoms with Gasteiger partial charge in [-0.2, -0.15) is 0 Å². The Hall–Kier alpha value is -2.76. The van der Waals surface area contributed by atoms with E-state index in [2.05, 4.69) is 80.5 Å². The van der Waals surface area contributed by atoms with Gasteiger partial charge in [0.15, 0.2) is 0 Å². The van der Waals surface area contributed by atoms with Crippen molar-refractivity contribution in [3.05, 3.63) is 34.9 Å². The zero-order chi connectivity index (χ0) is 26.0. The number of thiophene rings is 1. The molecule has 3 amide bonds. The fraction of sp³-hybridized carbons (Fsp3) is 0.440. The number of carbonyl (C=O) groups is 2. The molecule has 2 aromatic heterocycles. The fourth-order valence-electron chi connectivity index (χ4n) is 3.72. The van der Waals surface area contributed by atoms with Gasteiger partial charge in [-0.15, -0.1) is 11.3 Å². The molecule has 0 atom stereocenters. The van der Waals surface area contributed by atoms with Gasteiger partial charge in [-0.1, -0.05) is 0 Å². The lowest BCUT2D eigenvalue weighted by atomic mass is 10.1. The van der Waals surface area contributed by atoms with Crippen LogP contribution in [-0.4, -0.2) is 76.6 Å². The van der Waals surface area contributed by atoms with E-state index in [-0.39, 0.29) is 18.5 Å². The second-order valence-corrected chi connectivity index (χ2v) is 11.5. The second-order valence-electron chi connectivity index (χ2n) is 9.56. The third-order valence-electron chi connectivity index (χ3n) is 6.12. The predicted molar refractivity (Wildman–Crippen MR) is 147 cm³/mol. The standard InChI is InChI=1S/C25H31BrN6O3S/c1-15(2)31(5)10-11-35-17-6-7-19-16(12-17)13-20(36-19)21-18(26)14-28-23(29-21)27-8-9-32-22(33)25(3,4)30-24(32)34/h6-7,12-15H,8-11H2,1-5H3,(H,30,34)(H,27,28,29). The summed E-state index contributed by atoms with van der Waals surface area (Å²) in [5.41, 5.74) is -0.111. The van der Waals surface area contributed by atoms with E-state index in [9.17, 15) is 9.59 Å². The number of rotatable bonds is 10. The number of imide groups is 1. The number of fused-ring (bicyclic) bond motifs is 1. The average Bonchev–Trinajstić information content (AvgIpc) is 3.32. The van der Waals surface area contributed by atoms with Crippen molar-refractivity contribution in [3.63, 3.8) is 0 Å². The van der Waals surface area contributed by atoms with Crippen LogP contribution >= 0.6 is 27.3 Å². The van der Waals surface area contributed by atoms with Gasteiger partial charge in [-0.3, -0.25) is 9.69 Å². The molecule has 2 N–H and O–H groups in total. The fourth-order valence-corrected chi connectivity index (χ4v) is 5.30. The quantitative estimate of drug-likeness (QED) is 0.342. The molecule has 3 heterocycles. The number of benzene rings is 1. The second kappa shape index (κ2) is 10.7. The van der Waals surface area contributed by atoms with Gasteiger partial charge in [0, 0.05) is 36.6 Å². The molecule has 0 aliphatic carbocycles. The highest BCUT2D eigenvalue weighted by Gasteiger charge is 2.43. The number of carbonyl (C=O) groups excluding carboxylic acids is 2. The number of likely N-dealkylation sites (N-methyl/N-ethyl adjacent to an activating group) is 1. The summed E-state index contributed by atoms with van der Waals surface area (Å²) >= 11 is 5.21. The van der Waals surface area contributed by atoms with Crippen LogP contribution in [0.15, 0.2) is 34.9 Å². The van der Waals surface area contributed by atoms with E-state index < -0.39 is 5.54 Å². The van der Waals surface area contributed by atoms with E-state index in [1.165, 1.54) is 4.90 Å². The maximum absolute atomic E-state index is 12.4. The average molecular weight is 576 g/mol. The zero-order valence-electron chi connectivity index (χ0n) is 21.1. The number of aromatic nitrogens is 2. The lowest BCUT2D eigenvalue weighted by Crippen LogP contribution is -2.40. The first kappa shape index (κ1) is 26.3. The molecule has 1 aliphatic heterocycles. The van der Waals surface area contributed by atoms with E-state index in [0.29, 0.717) is 25.1 Å². The van der Waals surface area contributed by atoms with Gasteiger partial charge < -0.3 is 20.3 Å². The Labute approximate surface area is 223 Å². The number of hydrogen-bond donors (Lipinski definition) is 2. The van der Waals surface area contributed by atoms with E-state index in [1.807, 2.05) is 6.07 Å². The molecule has 0 unspecified atom stereocenters. The molecule has 11 heteroatoms. The Morgan fingerprint density at radius 1 is 1.28 bits per heavy atom. The summed E-state index contributed by atoms with van der Waals surface area (Å²) in [6, 6.07) is 8.31. The Kier molecular flexibility index (Phi) is 7.82. The van der Waals surface area contributed by atoms with Crippen molar-refractivity contribution in [3.8, 4) is 16.3 Å². The number of amides is 3. The number of nitrogens with zero attached hydrogens (tertiary/aromatic N) is 4. The molecule has 192 valence electrons. The molecule has 4 rings (SSSR count). The molecule has 0 spiro atoms. The summed E-state index contributed by atoms with van der Waals surface area (Å²) in [6.45, 7) is 9.77. The molecule has 36 heavy (non-hydrogen) atoms. The first-order valence-electron chi connectivity index (χ1n) is 11.8. The van der Waals surface area contributed by atoms with Gasteiger partial charge in [0.05, 0.1) is 9.35 Å². The van der Waals surface area contributed by atoms with Crippen molar-refractivity contribution in [2.45, 2.75) is 39.3 Å². The van der Waals surface area contributed by atoms with Gasteiger partial charge in [0.25, 0.3) is 5.91 Å². The van der Waals surface area contributed by atoms with E-state index in [1.54, 1.807) is 31.4 Å². The van der Waals surface area contributed by atoms with Crippen LogP contribution in [0, 0.1) is 0 Å². The van der Waals surface area contributed by atoms with Crippen molar-refractivity contribution < 1.29 is 14.3 Å². The van der Waals surface area contributed by atoms with E-state index >= 15 is 0 Å². The van der Waals surface area contributed by atoms with Crippen LogP contribution in [0.25, 0.3) is 20.7 Å². The molecule has 1 saturated heterocycles. The number of hydrogen-bond acceptors (Lipinski definition) is 8. The predicted octanol–water partition coefficient (Wildman–Crippen LogP) is 4.58. The highest BCUT2D eigenvalue weighted by Crippen LogP contribution is 2.37. The summed E-state index contributed by atoms with van der Waals surface area (Å²) in [5, 5.41) is 6.89. The molecular formula is C25H31BrN6O3S. The normalized spacial score (nSPS) is 15.3. The van der Waals surface area contributed by atoms with Crippen molar-refractivity contribution in [2.75, 3.05) is 38.6 Å². The van der Waals surface area contributed by atoms with Gasteiger partial charge in [0.2, 0.25) is 5.95 Å². The van der Waals surface area contributed by atoms with Crippen LogP contribution in [0.5, 0.6) is 5.75 Å². The van der Waals surface area contributed by atoms with Crippen LogP contribution in [-0.2, 0) is 4.79 Å². The number of nitrogens with one attached hydrogen (secondary N) is 2. The van der Waals surface area contributed by atoms with Gasteiger partial charge >= 0.3 is 6.03 Å².